The predicted octanol–water partition coefficient (Wildman–Crippen LogP) is 1.01. The Kier molecular flexibility index (Phi) is 2.13. The number of hydrogen-bond donors (Lipinski definition) is 0. The predicted molar refractivity (Wildman–Crippen MR) is 40.9 cm³/mol. The number of rotatable bonds is 1. The molecule has 0 spiro atoms. The number of nitrogens with zero attached hydrogens (tertiary/aromatic N) is 1. The lowest BCUT2D eigenvalue weighted by Gasteiger charge is -2.14. The lowest BCUT2D eigenvalue weighted by molar-refractivity contribution is -0.0586. The molecule has 1 aliphatic heterocycles. The van der Waals surface area contributed by atoms with Crippen molar-refractivity contribution in [2.75, 3.05) is 0 Å². The van der Waals surface area contributed by atoms with Crippen LogP contribution in [-0.4, -0.2) is 19.0 Å². The van der Waals surface area contributed by atoms with Crippen LogP contribution in [-0.2, 0) is 14.1 Å². The van der Waals surface area contributed by atoms with Gasteiger partial charge in [0.2, 0.25) is 0 Å². The molecule has 0 bridgehead atoms. The van der Waals surface area contributed by atoms with Crippen LogP contribution in [0.3, 0.4) is 0 Å². The summed E-state index contributed by atoms with van der Waals surface area (Å²) in [4.78, 5) is 4.86. The molecule has 4 nitrogen and oxygen atoms in total. The first-order valence-electron chi connectivity index (χ1n) is 3.01. The maximum Gasteiger partial charge on any atom is 0.343 e. The third-order valence-corrected chi connectivity index (χ3v) is 2.37. The number of hydroxylamine groups is 1. The Morgan fingerprint density at radius 2 is 2.27 bits per heavy atom. The van der Waals surface area contributed by atoms with E-state index in [2.05, 4.69) is 0 Å². The lowest BCUT2D eigenvalue weighted by atomic mass is 10.3. The summed E-state index contributed by atoms with van der Waals surface area (Å²) in [5.74, 6) is 0. The van der Waals surface area contributed by atoms with Gasteiger partial charge in [0.15, 0.2) is 0 Å². The maximum atomic E-state index is 10.7. The van der Waals surface area contributed by atoms with Crippen LogP contribution < -0.4 is 0 Å². The Hall–Kier alpha value is -0.260. The average molecular weight is 198 g/mol. The monoisotopic (exact) mass is 197 g/mol. The maximum absolute atomic E-state index is 10.7. The van der Waals surface area contributed by atoms with Gasteiger partial charge in [-0.25, -0.2) is 0 Å². The second-order valence-electron chi connectivity index (χ2n) is 2.29. The fourth-order valence-corrected chi connectivity index (χ4v) is 1.96. The Labute approximate surface area is 69.9 Å². The van der Waals surface area contributed by atoms with E-state index in [-0.39, 0.29) is 6.10 Å². The SMILES string of the molecule is CC1=CC(C)ON1S(=O)(=O)Cl. The average Bonchev–Trinajstić information content (AvgIpc) is 2.08. The molecule has 0 radical (unpaired) electrons. The summed E-state index contributed by atoms with van der Waals surface area (Å²) in [6, 6.07) is 0. The molecule has 0 aliphatic carbocycles. The van der Waals surface area contributed by atoms with Gasteiger partial charge < -0.3 is 0 Å². The van der Waals surface area contributed by atoms with Gasteiger partial charge in [0.1, 0.15) is 6.10 Å². The van der Waals surface area contributed by atoms with Crippen LogP contribution in [0.1, 0.15) is 13.8 Å². The molecule has 64 valence electrons. The molecular formula is C5H8ClNO3S. The summed E-state index contributed by atoms with van der Waals surface area (Å²) in [6.07, 6.45) is 1.43. The normalized spacial score (nSPS) is 25.5. The van der Waals surface area contributed by atoms with E-state index < -0.39 is 9.24 Å². The molecule has 1 unspecified atom stereocenters. The number of hydrogen-bond acceptors (Lipinski definition) is 3. The molecular weight excluding hydrogens is 190 g/mol. The highest BCUT2D eigenvalue weighted by atomic mass is 35.7. The van der Waals surface area contributed by atoms with Crippen molar-refractivity contribution in [1.29, 1.82) is 0 Å². The molecule has 0 saturated heterocycles. The van der Waals surface area contributed by atoms with Crippen molar-refractivity contribution in [2.45, 2.75) is 20.0 Å². The molecule has 1 rings (SSSR count). The van der Waals surface area contributed by atoms with Crippen molar-refractivity contribution < 1.29 is 13.3 Å². The van der Waals surface area contributed by atoms with E-state index >= 15 is 0 Å². The standard InChI is InChI=1S/C5H8ClNO3S/c1-4-3-5(2)10-7(4)11(6,8)9/h3,5H,1-2H3. The van der Waals surface area contributed by atoms with E-state index in [9.17, 15) is 8.42 Å². The van der Waals surface area contributed by atoms with Gasteiger partial charge in [0, 0.05) is 10.7 Å². The van der Waals surface area contributed by atoms with Gasteiger partial charge in [-0.2, -0.15) is 8.42 Å². The summed E-state index contributed by atoms with van der Waals surface area (Å²) in [6.45, 7) is 3.34. The first kappa shape index (κ1) is 8.83. The van der Waals surface area contributed by atoms with Crippen molar-refractivity contribution in [1.82, 2.24) is 4.47 Å². The summed E-state index contributed by atoms with van der Waals surface area (Å²) in [5.41, 5.74) is 0.493. The molecule has 0 aromatic heterocycles. The molecule has 0 aromatic carbocycles. The van der Waals surface area contributed by atoms with Gasteiger partial charge >= 0.3 is 9.24 Å². The number of halogens is 1. The first-order chi connectivity index (χ1) is 4.91. The van der Waals surface area contributed by atoms with E-state index in [4.69, 9.17) is 15.5 Å². The molecule has 11 heavy (non-hydrogen) atoms. The highest BCUT2D eigenvalue weighted by molar-refractivity contribution is 8.11. The van der Waals surface area contributed by atoms with Crippen LogP contribution >= 0.6 is 10.7 Å². The highest BCUT2D eigenvalue weighted by Gasteiger charge is 2.27. The molecule has 0 saturated carbocycles. The highest BCUT2D eigenvalue weighted by Crippen LogP contribution is 2.23. The second kappa shape index (κ2) is 2.66. The minimum Gasteiger partial charge on any atom is -0.251 e. The topological polar surface area (TPSA) is 46.6 Å². The minimum absolute atomic E-state index is 0.233. The smallest absolute Gasteiger partial charge is 0.251 e. The zero-order valence-corrected chi connectivity index (χ0v) is 7.69. The van der Waals surface area contributed by atoms with Crippen LogP contribution in [0.15, 0.2) is 11.8 Å². The van der Waals surface area contributed by atoms with E-state index in [0.29, 0.717) is 10.2 Å². The molecule has 1 atom stereocenters. The van der Waals surface area contributed by atoms with Crippen molar-refractivity contribution in [3.63, 3.8) is 0 Å². The molecule has 0 fully saturated rings. The van der Waals surface area contributed by atoms with Crippen LogP contribution in [0.25, 0.3) is 0 Å². The lowest BCUT2D eigenvalue weighted by Crippen LogP contribution is -2.22. The van der Waals surface area contributed by atoms with Crippen molar-refractivity contribution in [3.05, 3.63) is 11.8 Å². The van der Waals surface area contributed by atoms with E-state index in [1.807, 2.05) is 0 Å². The van der Waals surface area contributed by atoms with E-state index in [1.54, 1.807) is 19.9 Å². The Morgan fingerprint density at radius 3 is 2.45 bits per heavy atom. The molecule has 0 aromatic rings. The molecule has 1 heterocycles. The molecule has 0 amide bonds. The van der Waals surface area contributed by atoms with Gasteiger partial charge in [-0.05, 0) is 19.9 Å². The van der Waals surface area contributed by atoms with E-state index in [1.165, 1.54) is 0 Å². The van der Waals surface area contributed by atoms with Gasteiger partial charge in [-0.1, -0.05) is 0 Å². The van der Waals surface area contributed by atoms with Crippen LogP contribution in [0.2, 0.25) is 0 Å². The van der Waals surface area contributed by atoms with Gasteiger partial charge in [0.05, 0.1) is 5.70 Å². The fourth-order valence-electron chi connectivity index (χ4n) is 0.888. The third-order valence-electron chi connectivity index (χ3n) is 1.22. The minimum atomic E-state index is -3.77. The summed E-state index contributed by atoms with van der Waals surface area (Å²) in [5, 5.41) is 0. The largest absolute Gasteiger partial charge is 0.343 e. The zero-order chi connectivity index (χ0) is 8.65. The molecule has 1 aliphatic rings. The van der Waals surface area contributed by atoms with Crippen molar-refractivity contribution in [2.24, 2.45) is 0 Å². The van der Waals surface area contributed by atoms with Crippen LogP contribution in [0.5, 0.6) is 0 Å². The van der Waals surface area contributed by atoms with Crippen LogP contribution in [0, 0.1) is 0 Å². The summed E-state index contributed by atoms with van der Waals surface area (Å²) < 4.78 is 22.1. The molecule has 6 heteroatoms. The Morgan fingerprint density at radius 1 is 1.73 bits per heavy atom. The fraction of sp³-hybridized carbons (Fsp3) is 0.600. The Bertz CT molecular complexity index is 284. The summed E-state index contributed by atoms with van der Waals surface area (Å²) in [7, 11) is 1.26. The second-order valence-corrected chi connectivity index (χ2v) is 4.61. The Balaban J connectivity index is 2.89. The third kappa shape index (κ3) is 1.85. The van der Waals surface area contributed by atoms with Crippen molar-refractivity contribution in [3.8, 4) is 0 Å². The van der Waals surface area contributed by atoms with Gasteiger partial charge in [-0.15, -0.1) is 4.47 Å². The van der Waals surface area contributed by atoms with Gasteiger partial charge in [-0.3, -0.25) is 4.84 Å². The first-order valence-corrected chi connectivity index (χ1v) is 5.28. The van der Waals surface area contributed by atoms with E-state index in [0.717, 1.165) is 0 Å². The molecule has 0 N–H and O–H groups in total. The summed E-state index contributed by atoms with van der Waals surface area (Å²) >= 11 is 0. The quantitative estimate of drug-likeness (QED) is 0.590. The zero-order valence-electron chi connectivity index (χ0n) is 6.11. The van der Waals surface area contributed by atoms with Crippen LogP contribution in [0.4, 0.5) is 0 Å². The number of allylic oxidation sites excluding steroid dienone is 1. The van der Waals surface area contributed by atoms with Gasteiger partial charge in [0.25, 0.3) is 0 Å². The van der Waals surface area contributed by atoms with Crippen molar-refractivity contribution >= 4 is 19.9 Å².